The third kappa shape index (κ3) is 8.05. The Morgan fingerprint density at radius 1 is 1.43 bits per heavy atom. The van der Waals surface area contributed by atoms with Gasteiger partial charge in [0.25, 0.3) is 0 Å². The Bertz CT molecular complexity index is 157. The van der Waals surface area contributed by atoms with Crippen LogP contribution in [0.25, 0.3) is 0 Å². The van der Waals surface area contributed by atoms with Crippen molar-refractivity contribution >= 4 is 5.91 Å². The van der Waals surface area contributed by atoms with Crippen LogP contribution in [0.5, 0.6) is 0 Å². The highest BCUT2D eigenvalue weighted by atomic mass is 16.1. The summed E-state index contributed by atoms with van der Waals surface area (Å²) >= 11 is 0. The maximum absolute atomic E-state index is 11.4. The molecule has 0 aliphatic carbocycles. The van der Waals surface area contributed by atoms with Gasteiger partial charge >= 0.3 is 0 Å². The number of hydrogen-bond acceptors (Lipinski definition) is 2. The van der Waals surface area contributed by atoms with Gasteiger partial charge in [0.15, 0.2) is 0 Å². The average Bonchev–Trinajstić information content (AvgIpc) is 2.11. The van der Waals surface area contributed by atoms with E-state index in [2.05, 4.69) is 19.2 Å². The second kappa shape index (κ2) is 7.80. The number of amides is 1. The summed E-state index contributed by atoms with van der Waals surface area (Å²) < 4.78 is 0. The van der Waals surface area contributed by atoms with Gasteiger partial charge in [-0.15, -0.1) is 0 Å². The van der Waals surface area contributed by atoms with Crippen molar-refractivity contribution in [2.45, 2.75) is 45.6 Å². The second-order valence-corrected chi connectivity index (χ2v) is 4.16. The predicted octanol–water partition coefficient (Wildman–Crippen LogP) is 1.63. The van der Waals surface area contributed by atoms with E-state index < -0.39 is 0 Å². The molecule has 84 valence electrons. The quantitative estimate of drug-likeness (QED) is 0.677. The van der Waals surface area contributed by atoms with Crippen LogP contribution in [0.1, 0.15) is 39.5 Å². The smallest absolute Gasteiger partial charge is 0.221 e. The molecule has 1 unspecified atom stereocenters. The molecule has 1 amide bonds. The molecule has 0 aromatic carbocycles. The second-order valence-electron chi connectivity index (χ2n) is 4.16. The van der Waals surface area contributed by atoms with Crippen molar-refractivity contribution in [3.05, 3.63) is 0 Å². The number of nitrogens with one attached hydrogen (secondary N) is 1. The molecular formula is C11H24N2O. The molecule has 3 nitrogen and oxygen atoms in total. The van der Waals surface area contributed by atoms with Gasteiger partial charge in [-0.1, -0.05) is 19.8 Å². The summed E-state index contributed by atoms with van der Waals surface area (Å²) in [6, 6.07) is 0.324. The van der Waals surface area contributed by atoms with Crippen LogP contribution in [0.3, 0.4) is 0 Å². The average molecular weight is 200 g/mol. The van der Waals surface area contributed by atoms with Crippen LogP contribution in [0.15, 0.2) is 0 Å². The van der Waals surface area contributed by atoms with Gasteiger partial charge in [-0.25, -0.2) is 0 Å². The summed E-state index contributed by atoms with van der Waals surface area (Å²) in [4.78, 5) is 13.4. The fraction of sp³-hybridized carbons (Fsp3) is 0.909. The van der Waals surface area contributed by atoms with Crippen molar-refractivity contribution in [1.82, 2.24) is 10.2 Å². The Morgan fingerprint density at radius 3 is 2.57 bits per heavy atom. The van der Waals surface area contributed by atoms with E-state index in [9.17, 15) is 4.79 Å². The first-order chi connectivity index (χ1) is 6.56. The third-order valence-corrected chi connectivity index (χ3v) is 2.18. The molecule has 0 bridgehead atoms. The Kier molecular flexibility index (Phi) is 7.48. The van der Waals surface area contributed by atoms with E-state index in [1.165, 1.54) is 12.8 Å². The molecule has 3 heteroatoms. The number of hydrogen-bond donors (Lipinski definition) is 1. The number of nitrogens with zero attached hydrogens (tertiary/aromatic N) is 1. The van der Waals surface area contributed by atoms with Crippen LogP contribution < -0.4 is 5.32 Å². The zero-order valence-corrected chi connectivity index (χ0v) is 9.97. The van der Waals surface area contributed by atoms with Crippen molar-refractivity contribution in [3.63, 3.8) is 0 Å². The normalized spacial score (nSPS) is 12.9. The molecule has 0 spiro atoms. The minimum absolute atomic E-state index is 0.169. The van der Waals surface area contributed by atoms with Gasteiger partial charge in [0.05, 0.1) is 0 Å². The van der Waals surface area contributed by atoms with E-state index in [-0.39, 0.29) is 5.91 Å². The fourth-order valence-electron chi connectivity index (χ4n) is 1.25. The van der Waals surface area contributed by atoms with E-state index >= 15 is 0 Å². The predicted molar refractivity (Wildman–Crippen MR) is 60.3 cm³/mol. The topological polar surface area (TPSA) is 32.3 Å². The summed E-state index contributed by atoms with van der Waals surface area (Å²) in [6.07, 6.45) is 4.07. The van der Waals surface area contributed by atoms with Crippen LogP contribution in [0.2, 0.25) is 0 Å². The van der Waals surface area contributed by atoms with Gasteiger partial charge in [0.1, 0.15) is 0 Å². The fourth-order valence-corrected chi connectivity index (χ4v) is 1.25. The number of rotatable bonds is 7. The highest BCUT2D eigenvalue weighted by molar-refractivity contribution is 5.76. The molecule has 0 fully saturated rings. The zero-order chi connectivity index (χ0) is 11.0. The molecule has 0 saturated carbocycles. The lowest BCUT2D eigenvalue weighted by atomic mass is 10.1. The van der Waals surface area contributed by atoms with Crippen LogP contribution in [0.4, 0.5) is 0 Å². The molecule has 1 N–H and O–H groups in total. The summed E-state index contributed by atoms with van der Waals surface area (Å²) in [5.41, 5.74) is 0. The van der Waals surface area contributed by atoms with Crippen LogP contribution in [-0.4, -0.2) is 37.5 Å². The minimum Gasteiger partial charge on any atom is -0.354 e. The number of carbonyl (C=O) groups is 1. The molecule has 0 radical (unpaired) electrons. The largest absolute Gasteiger partial charge is 0.354 e. The van der Waals surface area contributed by atoms with Crippen molar-refractivity contribution in [1.29, 1.82) is 0 Å². The summed E-state index contributed by atoms with van der Waals surface area (Å²) in [5, 5.41) is 3.00. The molecular weight excluding hydrogens is 176 g/mol. The first kappa shape index (κ1) is 13.4. The molecule has 0 heterocycles. The molecule has 0 aliphatic heterocycles. The van der Waals surface area contributed by atoms with E-state index in [1.807, 2.05) is 19.0 Å². The van der Waals surface area contributed by atoms with Gasteiger partial charge < -0.3 is 10.2 Å². The van der Waals surface area contributed by atoms with Gasteiger partial charge in [0, 0.05) is 19.0 Å². The van der Waals surface area contributed by atoms with Gasteiger partial charge in [0.2, 0.25) is 5.91 Å². The first-order valence-electron chi connectivity index (χ1n) is 5.50. The van der Waals surface area contributed by atoms with Crippen molar-refractivity contribution in [3.8, 4) is 0 Å². The standard InChI is InChI=1S/C11H24N2O/c1-5-6-7-10(2)12-11(14)8-9-13(3)4/h10H,5-9H2,1-4H3,(H,12,14). The maximum atomic E-state index is 11.4. The van der Waals surface area contributed by atoms with Gasteiger partial charge in [-0.3, -0.25) is 4.79 Å². The van der Waals surface area contributed by atoms with Crippen LogP contribution in [-0.2, 0) is 4.79 Å². The lowest BCUT2D eigenvalue weighted by molar-refractivity contribution is -0.121. The number of unbranched alkanes of at least 4 members (excludes halogenated alkanes) is 1. The lowest BCUT2D eigenvalue weighted by Gasteiger charge is -2.14. The molecule has 0 rings (SSSR count). The van der Waals surface area contributed by atoms with Crippen LogP contribution >= 0.6 is 0 Å². The zero-order valence-electron chi connectivity index (χ0n) is 9.97. The van der Waals surface area contributed by atoms with E-state index in [1.54, 1.807) is 0 Å². The van der Waals surface area contributed by atoms with E-state index in [0.717, 1.165) is 13.0 Å². The number of carbonyl (C=O) groups excluding carboxylic acids is 1. The Balaban J connectivity index is 3.50. The van der Waals surface area contributed by atoms with Gasteiger partial charge in [-0.05, 0) is 27.4 Å². The maximum Gasteiger partial charge on any atom is 0.221 e. The third-order valence-electron chi connectivity index (χ3n) is 2.18. The SMILES string of the molecule is CCCCC(C)NC(=O)CCN(C)C. The molecule has 1 atom stereocenters. The van der Waals surface area contributed by atoms with E-state index in [0.29, 0.717) is 12.5 Å². The molecule has 0 saturated heterocycles. The first-order valence-corrected chi connectivity index (χ1v) is 5.50. The van der Waals surface area contributed by atoms with Crippen molar-refractivity contribution < 1.29 is 4.79 Å². The molecule has 0 aromatic rings. The highest BCUT2D eigenvalue weighted by Gasteiger charge is 2.06. The van der Waals surface area contributed by atoms with Crippen molar-refractivity contribution in [2.75, 3.05) is 20.6 Å². The highest BCUT2D eigenvalue weighted by Crippen LogP contribution is 1.99. The minimum atomic E-state index is 0.169. The lowest BCUT2D eigenvalue weighted by Crippen LogP contribution is -2.34. The van der Waals surface area contributed by atoms with Crippen LogP contribution in [0, 0.1) is 0 Å². The summed E-state index contributed by atoms with van der Waals surface area (Å²) in [5.74, 6) is 0.169. The monoisotopic (exact) mass is 200 g/mol. The van der Waals surface area contributed by atoms with Gasteiger partial charge in [-0.2, -0.15) is 0 Å². The Hall–Kier alpha value is -0.570. The Labute approximate surface area is 87.9 Å². The van der Waals surface area contributed by atoms with E-state index in [4.69, 9.17) is 0 Å². The summed E-state index contributed by atoms with van der Waals surface area (Å²) in [6.45, 7) is 5.07. The molecule has 0 aliphatic rings. The molecule has 14 heavy (non-hydrogen) atoms. The Morgan fingerprint density at radius 2 is 2.07 bits per heavy atom. The summed E-state index contributed by atoms with van der Waals surface area (Å²) in [7, 11) is 3.96. The molecule has 0 aromatic heterocycles. The van der Waals surface area contributed by atoms with Crippen molar-refractivity contribution in [2.24, 2.45) is 0 Å².